The number of imidazole rings is 1. The van der Waals surface area contributed by atoms with Gasteiger partial charge in [-0.1, -0.05) is 30.3 Å². The molecule has 3 rings (SSSR count). The van der Waals surface area contributed by atoms with Crippen LogP contribution in [0.3, 0.4) is 0 Å². The zero-order chi connectivity index (χ0) is 24.1. The van der Waals surface area contributed by atoms with Crippen molar-refractivity contribution < 1.29 is 18.0 Å². The summed E-state index contributed by atoms with van der Waals surface area (Å²) in [7, 11) is -3.69. The molecule has 10 heteroatoms. The van der Waals surface area contributed by atoms with E-state index in [2.05, 4.69) is 25.3 Å². The molecule has 0 spiro atoms. The van der Waals surface area contributed by atoms with Crippen LogP contribution in [0.5, 0.6) is 0 Å². The normalized spacial score (nSPS) is 12.7. The Morgan fingerprint density at radius 1 is 1.03 bits per heavy atom. The van der Waals surface area contributed by atoms with Crippen LogP contribution >= 0.6 is 0 Å². The molecular formula is C23H27N5O4S. The average Bonchev–Trinajstić information content (AvgIpc) is 3.28. The Balaban J connectivity index is 1.75. The minimum Gasteiger partial charge on any atom is -0.341 e. The first-order chi connectivity index (χ1) is 15.5. The van der Waals surface area contributed by atoms with Gasteiger partial charge in [0.05, 0.1) is 17.4 Å². The summed E-state index contributed by atoms with van der Waals surface area (Å²) in [6.45, 7) is 5.26. The molecule has 1 aromatic heterocycles. The maximum Gasteiger partial charge on any atom is 0.270 e. The Morgan fingerprint density at radius 3 is 2.27 bits per heavy atom. The van der Waals surface area contributed by atoms with Gasteiger partial charge in [-0.3, -0.25) is 9.59 Å². The van der Waals surface area contributed by atoms with Crippen molar-refractivity contribution in [2.45, 2.75) is 43.7 Å². The van der Waals surface area contributed by atoms with Gasteiger partial charge in [0, 0.05) is 17.6 Å². The van der Waals surface area contributed by atoms with E-state index < -0.39 is 33.4 Å². The van der Waals surface area contributed by atoms with Crippen LogP contribution in [0, 0.1) is 0 Å². The van der Waals surface area contributed by atoms with Crippen LogP contribution in [-0.4, -0.2) is 41.8 Å². The largest absolute Gasteiger partial charge is 0.341 e. The highest BCUT2D eigenvalue weighted by atomic mass is 32.2. The Morgan fingerprint density at radius 2 is 1.70 bits per heavy atom. The predicted octanol–water partition coefficient (Wildman–Crippen LogP) is 2.47. The first-order valence-corrected chi connectivity index (χ1v) is 11.8. The van der Waals surface area contributed by atoms with Gasteiger partial charge in [0.2, 0.25) is 15.9 Å². The highest BCUT2D eigenvalue weighted by Gasteiger charge is 2.24. The molecule has 0 aliphatic rings. The van der Waals surface area contributed by atoms with E-state index in [0.717, 1.165) is 5.56 Å². The van der Waals surface area contributed by atoms with Gasteiger partial charge >= 0.3 is 0 Å². The number of anilines is 1. The molecule has 0 aliphatic heterocycles. The number of rotatable bonds is 8. The lowest BCUT2D eigenvalue weighted by Gasteiger charge is -2.21. The number of amides is 2. The molecule has 0 saturated heterocycles. The minimum absolute atomic E-state index is 0.0869. The number of nitrogens with one attached hydrogen (secondary N) is 4. The topological polar surface area (TPSA) is 133 Å². The number of hydrogen-bond donors (Lipinski definition) is 4. The summed E-state index contributed by atoms with van der Waals surface area (Å²) in [5.74, 6) is -0.895. The highest BCUT2D eigenvalue weighted by molar-refractivity contribution is 7.89. The minimum atomic E-state index is -3.69. The number of sulfonamides is 1. The van der Waals surface area contributed by atoms with E-state index in [4.69, 9.17) is 0 Å². The summed E-state index contributed by atoms with van der Waals surface area (Å²) in [5.41, 5.74) is 0.894. The lowest BCUT2D eigenvalue weighted by molar-refractivity contribution is -0.118. The number of benzene rings is 2. The van der Waals surface area contributed by atoms with Crippen molar-refractivity contribution in [1.82, 2.24) is 20.0 Å². The Bertz CT molecular complexity index is 1190. The second kappa shape index (κ2) is 9.97. The van der Waals surface area contributed by atoms with E-state index in [-0.39, 0.29) is 17.0 Å². The van der Waals surface area contributed by atoms with E-state index in [1.165, 1.54) is 36.8 Å². The number of carbonyl (C=O) groups excluding carboxylic acids is 2. The molecule has 3 aromatic rings. The number of aromatic amines is 1. The van der Waals surface area contributed by atoms with Crippen molar-refractivity contribution in [2.75, 3.05) is 5.32 Å². The molecule has 0 radical (unpaired) electrons. The number of carbonyl (C=O) groups is 2. The zero-order valence-electron chi connectivity index (χ0n) is 18.6. The van der Waals surface area contributed by atoms with Crippen molar-refractivity contribution in [2.24, 2.45) is 0 Å². The summed E-state index contributed by atoms with van der Waals surface area (Å²) >= 11 is 0. The molecule has 1 heterocycles. The van der Waals surface area contributed by atoms with Crippen LogP contribution in [0.4, 0.5) is 5.69 Å². The van der Waals surface area contributed by atoms with Crippen molar-refractivity contribution in [1.29, 1.82) is 0 Å². The molecule has 0 aliphatic carbocycles. The molecule has 1 atom stereocenters. The van der Waals surface area contributed by atoms with E-state index in [9.17, 15) is 18.0 Å². The van der Waals surface area contributed by atoms with Crippen LogP contribution in [0.1, 0.15) is 36.8 Å². The van der Waals surface area contributed by atoms with Gasteiger partial charge < -0.3 is 15.6 Å². The fourth-order valence-electron chi connectivity index (χ4n) is 3.08. The SMILES string of the molecule is CC(C)(C)NS(=O)(=O)c1ccc(NC(=O)[C@H](Cc2ccccc2)NC(=O)c2cnc[nH]2)cc1. The summed E-state index contributed by atoms with van der Waals surface area (Å²) < 4.78 is 27.5. The van der Waals surface area contributed by atoms with Crippen molar-refractivity contribution in [3.8, 4) is 0 Å². The quantitative estimate of drug-likeness (QED) is 0.402. The van der Waals surface area contributed by atoms with E-state index in [1.807, 2.05) is 30.3 Å². The van der Waals surface area contributed by atoms with Gasteiger partial charge in [-0.25, -0.2) is 18.1 Å². The van der Waals surface area contributed by atoms with Crippen LogP contribution < -0.4 is 15.4 Å². The maximum atomic E-state index is 13.0. The monoisotopic (exact) mass is 469 g/mol. The Labute approximate surface area is 193 Å². The lowest BCUT2D eigenvalue weighted by atomic mass is 10.0. The van der Waals surface area contributed by atoms with Gasteiger partial charge in [0.15, 0.2) is 0 Å². The van der Waals surface area contributed by atoms with Crippen LogP contribution in [0.2, 0.25) is 0 Å². The van der Waals surface area contributed by atoms with Gasteiger partial charge in [-0.05, 0) is 50.6 Å². The Kier molecular flexibility index (Phi) is 7.29. The molecule has 174 valence electrons. The third kappa shape index (κ3) is 6.99. The lowest BCUT2D eigenvalue weighted by Crippen LogP contribution is -2.45. The van der Waals surface area contributed by atoms with Gasteiger partial charge in [-0.2, -0.15) is 0 Å². The second-order valence-corrected chi connectivity index (χ2v) is 10.2. The number of H-pyrrole nitrogens is 1. The third-order valence-corrected chi connectivity index (χ3v) is 6.29. The standard InChI is InChI=1S/C23H27N5O4S/c1-23(2,3)28-33(31,32)18-11-9-17(10-12-18)26-21(29)19(13-16-7-5-4-6-8-16)27-22(30)20-14-24-15-25-20/h4-12,14-15,19,28H,13H2,1-3H3,(H,24,25)(H,26,29)(H,27,30)/t19-/m0/s1. The Hall–Kier alpha value is -3.50. The van der Waals surface area contributed by atoms with Gasteiger partial charge in [-0.15, -0.1) is 0 Å². The molecule has 0 saturated carbocycles. The van der Waals surface area contributed by atoms with E-state index in [0.29, 0.717) is 5.69 Å². The maximum absolute atomic E-state index is 13.0. The fourth-order valence-corrected chi connectivity index (χ4v) is 4.50. The molecule has 9 nitrogen and oxygen atoms in total. The summed E-state index contributed by atoms with van der Waals surface area (Å²) in [4.78, 5) is 32.1. The zero-order valence-corrected chi connectivity index (χ0v) is 19.4. The first kappa shape index (κ1) is 24.1. The van der Waals surface area contributed by atoms with E-state index in [1.54, 1.807) is 20.8 Å². The van der Waals surface area contributed by atoms with Crippen molar-refractivity contribution in [3.05, 3.63) is 78.4 Å². The summed E-state index contributed by atoms with van der Waals surface area (Å²) in [6, 6.07) is 14.3. The molecule has 0 bridgehead atoms. The van der Waals surface area contributed by atoms with Crippen LogP contribution in [-0.2, 0) is 21.2 Å². The first-order valence-electron chi connectivity index (χ1n) is 10.3. The molecule has 2 aromatic carbocycles. The summed E-state index contributed by atoms with van der Waals surface area (Å²) in [6.07, 6.45) is 3.03. The number of aromatic nitrogens is 2. The van der Waals surface area contributed by atoms with Crippen molar-refractivity contribution in [3.63, 3.8) is 0 Å². The molecule has 0 unspecified atom stereocenters. The van der Waals surface area contributed by atoms with Crippen molar-refractivity contribution >= 4 is 27.5 Å². The van der Waals surface area contributed by atoms with Crippen LogP contribution in [0.15, 0.2) is 72.0 Å². The van der Waals surface area contributed by atoms with Gasteiger partial charge in [0.1, 0.15) is 11.7 Å². The number of hydrogen-bond acceptors (Lipinski definition) is 5. The van der Waals surface area contributed by atoms with E-state index >= 15 is 0 Å². The molecule has 0 fully saturated rings. The van der Waals surface area contributed by atoms with Crippen LogP contribution in [0.25, 0.3) is 0 Å². The fraction of sp³-hybridized carbons (Fsp3) is 0.261. The molecule has 2 amide bonds. The average molecular weight is 470 g/mol. The smallest absolute Gasteiger partial charge is 0.270 e. The molecule has 4 N–H and O–H groups in total. The highest BCUT2D eigenvalue weighted by Crippen LogP contribution is 2.17. The second-order valence-electron chi connectivity index (χ2n) is 8.55. The third-order valence-electron chi connectivity index (χ3n) is 4.52. The summed E-state index contributed by atoms with van der Waals surface area (Å²) in [5, 5.41) is 5.47. The predicted molar refractivity (Wildman–Crippen MR) is 125 cm³/mol. The molecular weight excluding hydrogens is 442 g/mol. The molecule has 33 heavy (non-hydrogen) atoms. The number of nitrogens with zero attached hydrogens (tertiary/aromatic N) is 1. The van der Waals surface area contributed by atoms with Gasteiger partial charge in [0.25, 0.3) is 5.91 Å².